The molecule has 10 nitrogen and oxygen atoms in total. The number of aliphatic hydroxyl groups is 4. The smallest absolute Gasteiger partial charge is 0.306 e. The molecule has 6 unspecified atom stereocenters. The Morgan fingerprint density at radius 3 is 1.44 bits per heavy atom. The van der Waals surface area contributed by atoms with Gasteiger partial charge in [0, 0.05) is 12.8 Å². The average molecular weight is 839 g/mol. The number of carbonyl (C=O) groups excluding carboxylic acids is 2. The minimum atomic E-state index is -1.59. The van der Waals surface area contributed by atoms with Crippen LogP contribution in [0.25, 0.3) is 0 Å². The topological polar surface area (TPSA) is 152 Å². The van der Waals surface area contributed by atoms with Crippen molar-refractivity contribution in [2.24, 2.45) is 0 Å². The number of hydrogen-bond donors (Lipinski definition) is 4. The second kappa shape index (κ2) is 40.3. The lowest BCUT2D eigenvalue weighted by molar-refractivity contribution is -0.305. The van der Waals surface area contributed by atoms with Crippen molar-refractivity contribution in [2.45, 2.75) is 256 Å². The largest absolute Gasteiger partial charge is 0.462 e. The summed E-state index contributed by atoms with van der Waals surface area (Å²) in [6.45, 7) is 3.42. The third-order valence-corrected chi connectivity index (χ3v) is 11.3. The van der Waals surface area contributed by atoms with Crippen molar-refractivity contribution in [3.8, 4) is 0 Å². The Balaban J connectivity index is 2.29. The molecular weight excluding hydrogens is 749 g/mol. The van der Waals surface area contributed by atoms with E-state index in [1.54, 1.807) is 0 Å². The molecule has 0 aromatic rings. The van der Waals surface area contributed by atoms with E-state index in [4.69, 9.17) is 18.9 Å². The highest BCUT2D eigenvalue weighted by Crippen LogP contribution is 2.23. The second-order valence-electron chi connectivity index (χ2n) is 16.9. The van der Waals surface area contributed by atoms with Gasteiger partial charge in [-0.2, -0.15) is 0 Å². The summed E-state index contributed by atoms with van der Waals surface area (Å²) in [4.78, 5) is 25.4. The van der Waals surface area contributed by atoms with E-state index in [9.17, 15) is 30.0 Å². The number of unbranched alkanes of at least 4 members (excludes halogenated alkanes) is 26. The van der Waals surface area contributed by atoms with E-state index in [2.05, 4.69) is 38.2 Å². The molecule has 0 aromatic heterocycles. The SMILES string of the molecule is CCCCC/C=C\C/C=C\CCCCCCCCCC(=O)OC(COC(=O)CCCCCCCCCCCCCCCCCCC)COC1OC(CO)C(O)C(O)C1O. The third-order valence-electron chi connectivity index (χ3n) is 11.3. The summed E-state index contributed by atoms with van der Waals surface area (Å²) in [5.41, 5.74) is 0. The Hall–Kier alpha value is -1.82. The molecule has 1 rings (SSSR count). The van der Waals surface area contributed by atoms with Crippen molar-refractivity contribution in [3.05, 3.63) is 24.3 Å². The molecule has 1 saturated heterocycles. The van der Waals surface area contributed by atoms with Crippen LogP contribution in [0.2, 0.25) is 0 Å². The number of aliphatic hydroxyl groups excluding tert-OH is 4. The molecule has 4 N–H and O–H groups in total. The lowest BCUT2D eigenvalue weighted by Crippen LogP contribution is -2.59. The number of ether oxygens (including phenoxy) is 4. The Labute approximate surface area is 360 Å². The molecule has 0 spiro atoms. The van der Waals surface area contributed by atoms with E-state index in [1.165, 1.54) is 135 Å². The summed E-state index contributed by atoms with van der Waals surface area (Å²) >= 11 is 0. The van der Waals surface area contributed by atoms with Crippen LogP contribution in [0.1, 0.15) is 219 Å². The quantitative estimate of drug-likeness (QED) is 0.0266. The van der Waals surface area contributed by atoms with E-state index >= 15 is 0 Å². The summed E-state index contributed by atoms with van der Waals surface area (Å²) in [5.74, 6) is -0.805. The standard InChI is InChI=1S/C49H90O10/c1-3-5-7-9-11-13-15-17-19-21-23-25-27-29-31-33-35-37-44(51)56-40-42(41-57-49-48(55)47(54)46(53)43(39-50)59-49)58-45(52)38-36-34-32-30-28-26-24-22-20-18-16-14-12-10-8-6-4-2/h12,14,18,20,42-43,46-50,53-55H,3-11,13,15-17,19,21-41H2,1-2H3/b14-12-,20-18-. The zero-order valence-corrected chi connectivity index (χ0v) is 37.8. The Kier molecular flexibility index (Phi) is 37.7. The highest BCUT2D eigenvalue weighted by atomic mass is 16.7. The fourth-order valence-electron chi connectivity index (χ4n) is 7.45. The number of hydrogen-bond acceptors (Lipinski definition) is 10. The average Bonchev–Trinajstić information content (AvgIpc) is 3.23. The predicted molar refractivity (Wildman–Crippen MR) is 238 cm³/mol. The summed E-state index contributed by atoms with van der Waals surface area (Å²) in [5, 5.41) is 40.1. The lowest BCUT2D eigenvalue weighted by Gasteiger charge is -2.39. The van der Waals surface area contributed by atoms with Crippen LogP contribution in [0.3, 0.4) is 0 Å². The van der Waals surface area contributed by atoms with Crippen LogP contribution >= 0.6 is 0 Å². The highest BCUT2D eigenvalue weighted by Gasteiger charge is 2.44. The van der Waals surface area contributed by atoms with Crippen LogP contribution in [0.4, 0.5) is 0 Å². The molecule has 1 heterocycles. The summed E-state index contributed by atoms with van der Waals surface area (Å²) < 4.78 is 22.2. The number of rotatable bonds is 41. The Bertz CT molecular complexity index is 1020. The van der Waals surface area contributed by atoms with Crippen LogP contribution in [-0.4, -0.2) is 89.0 Å². The first-order valence-electron chi connectivity index (χ1n) is 24.4. The van der Waals surface area contributed by atoms with Gasteiger partial charge in [-0.3, -0.25) is 9.59 Å². The van der Waals surface area contributed by atoms with Gasteiger partial charge < -0.3 is 39.4 Å². The van der Waals surface area contributed by atoms with E-state index in [0.717, 1.165) is 51.4 Å². The van der Waals surface area contributed by atoms with E-state index in [-0.39, 0.29) is 32.0 Å². The van der Waals surface area contributed by atoms with Gasteiger partial charge in [0.05, 0.1) is 13.2 Å². The van der Waals surface area contributed by atoms with Crippen molar-refractivity contribution < 1.29 is 49.0 Å². The molecule has 1 aliphatic rings. The highest BCUT2D eigenvalue weighted by molar-refractivity contribution is 5.70. The first-order chi connectivity index (χ1) is 28.8. The van der Waals surface area contributed by atoms with E-state index in [1.807, 2.05) is 0 Å². The summed E-state index contributed by atoms with van der Waals surface area (Å²) in [6, 6.07) is 0. The van der Waals surface area contributed by atoms with E-state index < -0.39 is 49.4 Å². The molecule has 1 fully saturated rings. The Morgan fingerprint density at radius 1 is 0.525 bits per heavy atom. The van der Waals surface area contributed by atoms with Crippen molar-refractivity contribution in [3.63, 3.8) is 0 Å². The molecular formula is C49H90O10. The summed E-state index contributed by atoms with van der Waals surface area (Å²) in [6.07, 6.45) is 37.5. The molecule has 59 heavy (non-hydrogen) atoms. The van der Waals surface area contributed by atoms with Crippen LogP contribution in [0.5, 0.6) is 0 Å². The van der Waals surface area contributed by atoms with Gasteiger partial charge in [-0.15, -0.1) is 0 Å². The van der Waals surface area contributed by atoms with Gasteiger partial charge in [-0.05, 0) is 44.9 Å². The number of allylic oxidation sites excluding steroid dienone is 4. The predicted octanol–water partition coefficient (Wildman–Crippen LogP) is 10.9. The molecule has 10 heteroatoms. The molecule has 0 saturated carbocycles. The van der Waals surface area contributed by atoms with Crippen LogP contribution in [-0.2, 0) is 28.5 Å². The maximum Gasteiger partial charge on any atom is 0.306 e. The van der Waals surface area contributed by atoms with Crippen LogP contribution in [0, 0.1) is 0 Å². The Morgan fingerprint density at radius 2 is 0.949 bits per heavy atom. The van der Waals surface area contributed by atoms with Gasteiger partial charge in [0.15, 0.2) is 12.4 Å². The molecule has 0 radical (unpaired) electrons. The van der Waals surface area contributed by atoms with Crippen LogP contribution < -0.4 is 0 Å². The van der Waals surface area contributed by atoms with Gasteiger partial charge >= 0.3 is 11.9 Å². The van der Waals surface area contributed by atoms with Crippen molar-refractivity contribution >= 4 is 11.9 Å². The first-order valence-corrected chi connectivity index (χ1v) is 24.4. The van der Waals surface area contributed by atoms with Crippen molar-refractivity contribution in [1.82, 2.24) is 0 Å². The molecule has 0 amide bonds. The number of carbonyl (C=O) groups is 2. The normalized spacial score (nSPS) is 20.1. The summed E-state index contributed by atoms with van der Waals surface area (Å²) in [7, 11) is 0. The van der Waals surface area contributed by atoms with Crippen molar-refractivity contribution in [1.29, 1.82) is 0 Å². The molecule has 0 aliphatic carbocycles. The van der Waals surface area contributed by atoms with Gasteiger partial charge in [0.1, 0.15) is 31.0 Å². The molecule has 0 bridgehead atoms. The minimum Gasteiger partial charge on any atom is -0.462 e. The van der Waals surface area contributed by atoms with Crippen molar-refractivity contribution in [2.75, 3.05) is 19.8 Å². The lowest BCUT2D eigenvalue weighted by atomic mass is 9.99. The van der Waals surface area contributed by atoms with E-state index in [0.29, 0.717) is 6.42 Å². The van der Waals surface area contributed by atoms with Gasteiger partial charge in [0.25, 0.3) is 0 Å². The van der Waals surface area contributed by atoms with Crippen LogP contribution in [0.15, 0.2) is 24.3 Å². The monoisotopic (exact) mass is 839 g/mol. The van der Waals surface area contributed by atoms with Gasteiger partial charge in [-0.25, -0.2) is 0 Å². The first kappa shape index (κ1) is 55.2. The minimum absolute atomic E-state index is 0.216. The number of esters is 2. The fraction of sp³-hybridized carbons (Fsp3) is 0.878. The molecule has 6 atom stereocenters. The fourth-order valence-corrected chi connectivity index (χ4v) is 7.45. The second-order valence-corrected chi connectivity index (χ2v) is 16.9. The third kappa shape index (κ3) is 31.7. The zero-order chi connectivity index (χ0) is 43.0. The maximum atomic E-state index is 12.8. The molecule has 1 aliphatic heterocycles. The maximum absolute atomic E-state index is 12.8. The van der Waals surface area contributed by atoms with Gasteiger partial charge in [0.2, 0.25) is 0 Å². The van der Waals surface area contributed by atoms with Gasteiger partial charge in [-0.1, -0.05) is 186 Å². The molecule has 0 aromatic carbocycles. The zero-order valence-electron chi connectivity index (χ0n) is 37.8. The molecule has 346 valence electrons.